The van der Waals surface area contributed by atoms with E-state index in [1.54, 1.807) is 18.1 Å². The Morgan fingerprint density at radius 3 is 2.52 bits per heavy atom. The van der Waals surface area contributed by atoms with Crippen molar-refractivity contribution < 1.29 is 9.53 Å². The van der Waals surface area contributed by atoms with Gasteiger partial charge in [0.25, 0.3) is 5.91 Å². The minimum atomic E-state index is -0.0225. The molecule has 0 N–H and O–H groups in total. The molecule has 0 saturated carbocycles. The summed E-state index contributed by atoms with van der Waals surface area (Å²) in [5.41, 5.74) is 1.70. The largest absolute Gasteiger partial charge is 0.496 e. The Bertz CT molecular complexity index is 613. The Hall–Kier alpha value is -1.81. The van der Waals surface area contributed by atoms with Gasteiger partial charge in [0.15, 0.2) is 0 Å². The molecule has 1 amide bonds. The molecule has 2 aromatic rings. The van der Waals surface area contributed by atoms with Crippen LogP contribution in [0.4, 0.5) is 0 Å². The number of hydrogen-bond acceptors (Lipinski definition) is 2. The van der Waals surface area contributed by atoms with Crippen LogP contribution in [0.15, 0.2) is 53.0 Å². The molecule has 21 heavy (non-hydrogen) atoms. The molecular formula is C17H18BrNO2. The Kier molecular flexibility index (Phi) is 5.39. The van der Waals surface area contributed by atoms with Crippen LogP contribution in [-0.4, -0.2) is 24.5 Å². The van der Waals surface area contributed by atoms with Crippen LogP contribution in [0, 0.1) is 0 Å². The monoisotopic (exact) mass is 347 g/mol. The number of rotatable bonds is 5. The lowest BCUT2D eigenvalue weighted by molar-refractivity contribution is 0.0749. The zero-order valence-corrected chi connectivity index (χ0v) is 13.8. The van der Waals surface area contributed by atoms with Crippen molar-refractivity contribution in [2.45, 2.75) is 13.5 Å². The molecule has 0 unspecified atom stereocenters. The van der Waals surface area contributed by atoms with Crippen LogP contribution in [0.2, 0.25) is 0 Å². The zero-order chi connectivity index (χ0) is 15.2. The van der Waals surface area contributed by atoms with Crippen molar-refractivity contribution in [1.82, 2.24) is 4.90 Å². The van der Waals surface area contributed by atoms with E-state index in [9.17, 15) is 4.79 Å². The second-order valence-corrected chi connectivity index (χ2v) is 5.57. The Balaban J connectivity index is 2.24. The first-order valence-electron chi connectivity index (χ1n) is 6.82. The summed E-state index contributed by atoms with van der Waals surface area (Å²) in [6.45, 7) is 3.22. The molecule has 0 radical (unpaired) electrons. The highest BCUT2D eigenvalue weighted by Gasteiger charge is 2.18. The summed E-state index contributed by atoms with van der Waals surface area (Å²) in [4.78, 5) is 14.5. The van der Waals surface area contributed by atoms with Crippen molar-refractivity contribution in [2.75, 3.05) is 13.7 Å². The quantitative estimate of drug-likeness (QED) is 0.814. The van der Waals surface area contributed by atoms with Gasteiger partial charge in [0.1, 0.15) is 5.75 Å². The van der Waals surface area contributed by atoms with E-state index < -0.39 is 0 Å². The number of amides is 1. The number of benzene rings is 2. The van der Waals surface area contributed by atoms with Gasteiger partial charge in [-0.3, -0.25) is 4.79 Å². The summed E-state index contributed by atoms with van der Waals surface area (Å²) in [5.74, 6) is 0.562. The number of hydrogen-bond donors (Lipinski definition) is 0. The lowest BCUT2D eigenvalue weighted by Gasteiger charge is -2.22. The Labute approximate surface area is 133 Å². The molecule has 0 saturated heterocycles. The fraction of sp³-hybridized carbons (Fsp3) is 0.235. The first-order chi connectivity index (χ1) is 10.2. The Morgan fingerprint density at radius 2 is 1.90 bits per heavy atom. The summed E-state index contributed by atoms with van der Waals surface area (Å²) in [5, 5.41) is 0. The van der Waals surface area contributed by atoms with Crippen LogP contribution in [0.5, 0.6) is 5.75 Å². The van der Waals surface area contributed by atoms with Gasteiger partial charge in [-0.25, -0.2) is 0 Å². The number of ether oxygens (including phenoxy) is 1. The highest BCUT2D eigenvalue weighted by Crippen LogP contribution is 2.25. The molecule has 0 aliphatic rings. The van der Waals surface area contributed by atoms with E-state index >= 15 is 0 Å². The van der Waals surface area contributed by atoms with Gasteiger partial charge < -0.3 is 9.64 Å². The molecule has 2 aromatic carbocycles. The number of carbonyl (C=O) groups excluding carboxylic acids is 1. The van der Waals surface area contributed by atoms with Crippen molar-refractivity contribution in [3.8, 4) is 5.75 Å². The summed E-state index contributed by atoms with van der Waals surface area (Å²) in [6.07, 6.45) is 0. The topological polar surface area (TPSA) is 29.5 Å². The van der Waals surface area contributed by atoms with Crippen LogP contribution >= 0.6 is 15.9 Å². The first-order valence-corrected chi connectivity index (χ1v) is 7.61. The molecule has 0 bridgehead atoms. The predicted molar refractivity (Wildman–Crippen MR) is 87.6 cm³/mol. The van der Waals surface area contributed by atoms with E-state index in [0.717, 1.165) is 10.0 Å². The van der Waals surface area contributed by atoms with Gasteiger partial charge in [-0.05, 0) is 30.7 Å². The number of carbonyl (C=O) groups is 1. The molecule has 0 aromatic heterocycles. The maximum Gasteiger partial charge on any atom is 0.257 e. The molecule has 3 nitrogen and oxygen atoms in total. The summed E-state index contributed by atoms with van der Waals surface area (Å²) in [6, 6.07) is 15.4. The van der Waals surface area contributed by atoms with E-state index in [-0.39, 0.29) is 5.91 Å². The molecule has 0 atom stereocenters. The van der Waals surface area contributed by atoms with E-state index in [1.165, 1.54) is 0 Å². The van der Waals surface area contributed by atoms with Gasteiger partial charge in [-0.1, -0.05) is 46.3 Å². The van der Waals surface area contributed by atoms with E-state index in [1.807, 2.05) is 49.4 Å². The lowest BCUT2D eigenvalue weighted by Crippen LogP contribution is -2.30. The minimum absolute atomic E-state index is 0.0225. The van der Waals surface area contributed by atoms with Gasteiger partial charge >= 0.3 is 0 Å². The third-order valence-electron chi connectivity index (χ3n) is 3.28. The van der Waals surface area contributed by atoms with Crippen LogP contribution in [0.1, 0.15) is 22.8 Å². The molecule has 0 aliphatic heterocycles. The van der Waals surface area contributed by atoms with Crippen molar-refractivity contribution in [2.24, 2.45) is 0 Å². The van der Waals surface area contributed by atoms with Crippen molar-refractivity contribution in [3.63, 3.8) is 0 Å². The second-order valence-electron chi connectivity index (χ2n) is 4.65. The first kappa shape index (κ1) is 15.6. The highest BCUT2D eigenvalue weighted by atomic mass is 79.9. The molecule has 0 spiro atoms. The average Bonchev–Trinajstić information content (AvgIpc) is 2.52. The van der Waals surface area contributed by atoms with E-state index in [4.69, 9.17) is 4.74 Å². The number of nitrogens with zero attached hydrogens (tertiary/aromatic N) is 1. The maximum absolute atomic E-state index is 12.7. The van der Waals surface area contributed by atoms with E-state index in [0.29, 0.717) is 24.4 Å². The normalized spacial score (nSPS) is 10.2. The summed E-state index contributed by atoms with van der Waals surface area (Å²) in [7, 11) is 1.58. The predicted octanol–water partition coefficient (Wildman–Crippen LogP) is 4.12. The third-order valence-corrected chi connectivity index (χ3v) is 3.77. The highest BCUT2D eigenvalue weighted by molar-refractivity contribution is 9.10. The summed E-state index contributed by atoms with van der Waals surface area (Å²) >= 11 is 3.39. The molecule has 0 fully saturated rings. The van der Waals surface area contributed by atoms with Crippen LogP contribution in [-0.2, 0) is 6.54 Å². The Morgan fingerprint density at radius 1 is 1.19 bits per heavy atom. The van der Waals surface area contributed by atoms with Gasteiger partial charge in [-0.15, -0.1) is 0 Å². The minimum Gasteiger partial charge on any atom is -0.496 e. The fourth-order valence-electron chi connectivity index (χ4n) is 2.14. The van der Waals surface area contributed by atoms with Crippen molar-refractivity contribution in [3.05, 3.63) is 64.1 Å². The molecule has 2 rings (SSSR count). The van der Waals surface area contributed by atoms with Crippen LogP contribution in [0.25, 0.3) is 0 Å². The smallest absolute Gasteiger partial charge is 0.257 e. The second kappa shape index (κ2) is 7.27. The van der Waals surface area contributed by atoms with Gasteiger partial charge in [0.05, 0.1) is 12.7 Å². The fourth-order valence-corrected chi connectivity index (χ4v) is 2.48. The SMILES string of the molecule is CCN(Cc1ccccc1)C(=O)c1ccc(Br)cc1OC. The number of methoxy groups -OCH3 is 1. The number of halogens is 1. The third kappa shape index (κ3) is 3.85. The molecule has 4 heteroatoms. The zero-order valence-electron chi connectivity index (χ0n) is 12.2. The van der Waals surface area contributed by atoms with Gasteiger partial charge in [0, 0.05) is 17.6 Å². The molecule has 0 aliphatic carbocycles. The van der Waals surface area contributed by atoms with Gasteiger partial charge in [-0.2, -0.15) is 0 Å². The standard InChI is InChI=1S/C17H18BrNO2/c1-3-19(12-13-7-5-4-6-8-13)17(20)15-10-9-14(18)11-16(15)21-2/h4-11H,3,12H2,1-2H3. The molecular weight excluding hydrogens is 330 g/mol. The van der Waals surface area contributed by atoms with Crippen molar-refractivity contribution >= 4 is 21.8 Å². The van der Waals surface area contributed by atoms with Crippen LogP contribution in [0.3, 0.4) is 0 Å². The molecule has 110 valence electrons. The maximum atomic E-state index is 12.7. The summed E-state index contributed by atoms with van der Waals surface area (Å²) < 4.78 is 6.21. The lowest BCUT2D eigenvalue weighted by atomic mass is 10.1. The van der Waals surface area contributed by atoms with Gasteiger partial charge in [0.2, 0.25) is 0 Å². The van der Waals surface area contributed by atoms with Crippen LogP contribution < -0.4 is 4.74 Å². The van der Waals surface area contributed by atoms with E-state index in [2.05, 4.69) is 15.9 Å². The average molecular weight is 348 g/mol. The van der Waals surface area contributed by atoms with Crippen molar-refractivity contribution in [1.29, 1.82) is 0 Å². The molecule has 0 heterocycles.